The van der Waals surface area contributed by atoms with E-state index in [1.165, 1.54) is 30.6 Å². The van der Waals surface area contributed by atoms with Gasteiger partial charge in [0, 0.05) is 36.1 Å². The van der Waals surface area contributed by atoms with E-state index in [9.17, 15) is 0 Å². The van der Waals surface area contributed by atoms with E-state index in [2.05, 4.69) is 37.1 Å². The van der Waals surface area contributed by atoms with Crippen molar-refractivity contribution in [2.24, 2.45) is 0 Å². The second kappa shape index (κ2) is 7.26. The molecule has 0 radical (unpaired) electrons. The summed E-state index contributed by atoms with van der Waals surface area (Å²) in [5, 5.41) is 3.77. The lowest BCUT2D eigenvalue weighted by Crippen LogP contribution is -2.63. The number of rotatable bonds is 6. The summed E-state index contributed by atoms with van der Waals surface area (Å²) in [6.07, 6.45) is 4.93. The standard InChI is InChI=1S/C16H27ClN2S/c1-4-7-13-10-19(11-14-8-9-15(17)20-14)16(5-2,6-3)12-18-13/h8-9,13,18H,4-7,10-12H2,1-3H3. The molecular weight excluding hydrogens is 288 g/mol. The highest BCUT2D eigenvalue weighted by Crippen LogP contribution is 2.31. The molecule has 0 spiro atoms. The van der Waals surface area contributed by atoms with Crippen molar-refractivity contribution in [1.82, 2.24) is 10.2 Å². The maximum absolute atomic E-state index is 6.08. The Morgan fingerprint density at radius 1 is 1.35 bits per heavy atom. The van der Waals surface area contributed by atoms with Crippen molar-refractivity contribution in [3.63, 3.8) is 0 Å². The Morgan fingerprint density at radius 3 is 2.65 bits per heavy atom. The minimum Gasteiger partial charge on any atom is -0.311 e. The highest BCUT2D eigenvalue weighted by atomic mass is 35.5. The lowest BCUT2D eigenvalue weighted by atomic mass is 9.86. The van der Waals surface area contributed by atoms with Crippen LogP contribution in [-0.4, -0.2) is 29.6 Å². The number of hydrogen-bond donors (Lipinski definition) is 1. The number of nitrogens with one attached hydrogen (secondary N) is 1. The van der Waals surface area contributed by atoms with Gasteiger partial charge in [0.1, 0.15) is 0 Å². The molecule has 2 rings (SSSR count). The minimum absolute atomic E-state index is 0.306. The molecule has 0 saturated carbocycles. The summed E-state index contributed by atoms with van der Waals surface area (Å²) in [4.78, 5) is 4.09. The van der Waals surface area contributed by atoms with Gasteiger partial charge in [-0.25, -0.2) is 0 Å². The zero-order chi connectivity index (χ0) is 14.6. The van der Waals surface area contributed by atoms with Gasteiger partial charge in [0.25, 0.3) is 0 Å². The molecule has 114 valence electrons. The molecule has 1 saturated heterocycles. The van der Waals surface area contributed by atoms with E-state index in [0.717, 1.165) is 24.0 Å². The highest BCUT2D eigenvalue weighted by Gasteiger charge is 2.38. The van der Waals surface area contributed by atoms with Gasteiger partial charge in [-0.3, -0.25) is 4.90 Å². The first-order valence-corrected chi connectivity index (χ1v) is 9.05. The van der Waals surface area contributed by atoms with Crippen molar-refractivity contribution in [1.29, 1.82) is 0 Å². The lowest BCUT2D eigenvalue weighted by Gasteiger charge is -2.49. The molecule has 4 heteroatoms. The van der Waals surface area contributed by atoms with Crippen molar-refractivity contribution in [2.45, 2.75) is 64.6 Å². The number of piperazine rings is 1. The van der Waals surface area contributed by atoms with E-state index in [4.69, 9.17) is 11.6 Å². The van der Waals surface area contributed by atoms with Crippen LogP contribution in [0.15, 0.2) is 12.1 Å². The zero-order valence-corrected chi connectivity index (χ0v) is 14.5. The normalized spacial score (nSPS) is 23.1. The third-order valence-electron chi connectivity index (χ3n) is 4.76. The second-order valence-corrected chi connectivity index (χ2v) is 7.68. The van der Waals surface area contributed by atoms with Crippen LogP contribution in [0.2, 0.25) is 4.34 Å². The SMILES string of the molecule is CCCC1CN(Cc2ccc(Cl)s2)C(CC)(CC)CN1. The Labute approximate surface area is 132 Å². The summed E-state index contributed by atoms with van der Waals surface area (Å²) in [5.74, 6) is 0. The third-order valence-corrected chi connectivity index (χ3v) is 5.98. The predicted octanol–water partition coefficient (Wildman–Crippen LogP) is 4.53. The van der Waals surface area contributed by atoms with E-state index >= 15 is 0 Å². The Balaban J connectivity index is 2.12. The first-order valence-electron chi connectivity index (χ1n) is 7.86. The maximum atomic E-state index is 6.08. The van der Waals surface area contributed by atoms with Crippen molar-refractivity contribution in [3.8, 4) is 0 Å². The van der Waals surface area contributed by atoms with Gasteiger partial charge < -0.3 is 5.32 Å². The molecule has 2 heterocycles. The number of hydrogen-bond acceptors (Lipinski definition) is 3. The van der Waals surface area contributed by atoms with Crippen molar-refractivity contribution >= 4 is 22.9 Å². The van der Waals surface area contributed by atoms with Crippen LogP contribution in [0.4, 0.5) is 0 Å². The van der Waals surface area contributed by atoms with Gasteiger partial charge in [0.2, 0.25) is 0 Å². The Kier molecular flexibility index (Phi) is 5.91. The fraction of sp³-hybridized carbons (Fsp3) is 0.750. The number of nitrogens with zero attached hydrogens (tertiary/aromatic N) is 1. The monoisotopic (exact) mass is 314 g/mol. The fourth-order valence-corrected chi connectivity index (χ4v) is 4.42. The molecule has 0 aliphatic carbocycles. The van der Waals surface area contributed by atoms with Crippen LogP contribution in [0.5, 0.6) is 0 Å². The Bertz CT molecular complexity index is 414. The second-order valence-electron chi connectivity index (χ2n) is 5.88. The molecule has 20 heavy (non-hydrogen) atoms. The third kappa shape index (κ3) is 3.56. The highest BCUT2D eigenvalue weighted by molar-refractivity contribution is 7.16. The topological polar surface area (TPSA) is 15.3 Å². The fourth-order valence-electron chi connectivity index (χ4n) is 3.32. The van der Waals surface area contributed by atoms with E-state index in [1.54, 1.807) is 11.3 Å². The van der Waals surface area contributed by atoms with Crippen LogP contribution in [-0.2, 0) is 6.54 Å². The van der Waals surface area contributed by atoms with Gasteiger partial charge in [0.15, 0.2) is 0 Å². The van der Waals surface area contributed by atoms with Gasteiger partial charge >= 0.3 is 0 Å². The first-order chi connectivity index (χ1) is 9.63. The summed E-state index contributed by atoms with van der Waals surface area (Å²) >= 11 is 7.80. The lowest BCUT2D eigenvalue weighted by molar-refractivity contribution is 0.0236. The van der Waals surface area contributed by atoms with Crippen LogP contribution < -0.4 is 5.32 Å². The average molecular weight is 315 g/mol. The van der Waals surface area contributed by atoms with E-state index < -0.39 is 0 Å². The average Bonchev–Trinajstić information content (AvgIpc) is 2.86. The molecule has 1 aromatic heterocycles. The van der Waals surface area contributed by atoms with Gasteiger partial charge in [0.05, 0.1) is 4.34 Å². The molecule has 0 amide bonds. The summed E-state index contributed by atoms with van der Waals surface area (Å²) in [7, 11) is 0. The summed E-state index contributed by atoms with van der Waals surface area (Å²) in [6, 6.07) is 4.84. The molecule has 0 bridgehead atoms. The Hall–Kier alpha value is -0.0900. The van der Waals surface area contributed by atoms with E-state index in [-0.39, 0.29) is 0 Å². The van der Waals surface area contributed by atoms with Crippen LogP contribution in [0, 0.1) is 0 Å². The van der Waals surface area contributed by atoms with Gasteiger partial charge in [-0.05, 0) is 31.4 Å². The van der Waals surface area contributed by atoms with E-state index in [1.807, 2.05) is 6.07 Å². The zero-order valence-electron chi connectivity index (χ0n) is 12.9. The van der Waals surface area contributed by atoms with E-state index in [0.29, 0.717) is 11.6 Å². The molecule has 1 N–H and O–H groups in total. The van der Waals surface area contributed by atoms with Crippen molar-refractivity contribution < 1.29 is 0 Å². The molecule has 1 atom stereocenters. The number of halogens is 1. The molecular formula is C16H27ClN2S. The Morgan fingerprint density at radius 2 is 2.10 bits per heavy atom. The van der Waals surface area contributed by atoms with Crippen LogP contribution in [0.3, 0.4) is 0 Å². The predicted molar refractivity (Wildman–Crippen MR) is 89.8 cm³/mol. The van der Waals surface area contributed by atoms with Gasteiger partial charge in [-0.1, -0.05) is 38.8 Å². The summed E-state index contributed by atoms with van der Waals surface area (Å²) < 4.78 is 0.902. The first kappa shape index (κ1) is 16.3. The summed E-state index contributed by atoms with van der Waals surface area (Å²) in [5.41, 5.74) is 0.306. The van der Waals surface area contributed by atoms with Crippen LogP contribution in [0.25, 0.3) is 0 Å². The molecule has 1 aliphatic rings. The quantitative estimate of drug-likeness (QED) is 0.829. The molecule has 0 aromatic carbocycles. The molecule has 2 nitrogen and oxygen atoms in total. The molecule has 1 aliphatic heterocycles. The molecule has 1 fully saturated rings. The summed E-state index contributed by atoms with van der Waals surface area (Å²) in [6.45, 7) is 10.2. The number of thiophene rings is 1. The largest absolute Gasteiger partial charge is 0.311 e. The smallest absolute Gasteiger partial charge is 0.0931 e. The van der Waals surface area contributed by atoms with Crippen molar-refractivity contribution in [2.75, 3.05) is 13.1 Å². The molecule has 1 unspecified atom stereocenters. The minimum atomic E-state index is 0.306. The van der Waals surface area contributed by atoms with Gasteiger partial charge in [-0.2, -0.15) is 0 Å². The van der Waals surface area contributed by atoms with Crippen molar-refractivity contribution in [3.05, 3.63) is 21.3 Å². The van der Waals surface area contributed by atoms with Crippen LogP contribution in [0.1, 0.15) is 51.3 Å². The van der Waals surface area contributed by atoms with Crippen LogP contribution >= 0.6 is 22.9 Å². The van der Waals surface area contributed by atoms with Gasteiger partial charge in [-0.15, -0.1) is 11.3 Å². The maximum Gasteiger partial charge on any atom is 0.0931 e. The molecule has 1 aromatic rings.